The van der Waals surface area contributed by atoms with E-state index < -0.39 is 11.7 Å². The summed E-state index contributed by atoms with van der Waals surface area (Å²) >= 11 is 0. The molecule has 0 atom stereocenters. The third kappa shape index (κ3) is 3.58. The molecule has 0 unspecified atom stereocenters. The molecule has 19 heavy (non-hydrogen) atoms. The number of rotatable bonds is 4. The zero-order valence-electron chi connectivity index (χ0n) is 10.1. The fraction of sp³-hybridized carbons (Fsp3) is 0.143. The number of pyridine rings is 1. The summed E-state index contributed by atoms with van der Waals surface area (Å²) < 4.78 is 26.0. The standard InChI is InChI=1S/C14H12F2N2O/c15-11-5-3-10(4-6-11)7-9-18-14(19)13-12(16)2-1-8-17-13/h1-6,8H,7,9H2,(H,18,19). The van der Waals surface area contributed by atoms with Crippen molar-refractivity contribution in [3.8, 4) is 0 Å². The normalized spacial score (nSPS) is 10.2. The van der Waals surface area contributed by atoms with E-state index in [2.05, 4.69) is 10.3 Å². The van der Waals surface area contributed by atoms with Gasteiger partial charge >= 0.3 is 0 Å². The molecule has 1 heterocycles. The molecule has 0 aliphatic heterocycles. The smallest absolute Gasteiger partial charge is 0.272 e. The minimum absolute atomic E-state index is 0.221. The molecule has 1 amide bonds. The van der Waals surface area contributed by atoms with E-state index >= 15 is 0 Å². The number of benzene rings is 1. The van der Waals surface area contributed by atoms with Gasteiger partial charge in [-0.1, -0.05) is 12.1 Å². The van der Waals surface area contributed by atoms with Gasteiger partial charge in [0.15, 0.2) is 11.5 Å². The number of hydrogen-bond acceptors (Lipinski definition) is 2. The molecule has 0 saturated heterocycles. The Bertz CT molecular complexity index is 570. The number of carbonyl (C=O) groups is 1. The molecule has 2 rings (SSSR count). The Morgan fingerprint density at radius 2 is 1.89 bits per heavy atom. The molecule has 1 aromatic heterocycles. The second-order valence-electron chi connectivity index (χ2n) is 3.97. The van der Waals surface area contributed by atoms with Crippen LogP contribution in [-0.4, -0.2) is 17.4 Å². The van der Waals surface area contributed by atoms with Gasteiger partial charge in [-0.05, 0) is 36.2 Å². The van der Waals surface area contributed by atoms with Crippen LogP contribution in [0.1, 0.15) is 16.1 Å². The van der Waals surface area contributed by atoms with Gasteiger partial charge in [-0.3, -0.25) is 4.79 Å². The molecule has 3 nitrogen and oxygen atoms in total. The highest BCUT2D eigenvalue weighted by molar-refractivity contribution is 5.92. The molecule has 1 N–H and O–H groups in total. The first-order chi connectivity index (χ1) is 9.16. The van der Waals surface area contributed by atoms with Gasteiger partial charge in [-0.15, -0.1) is 0 Å². The molecule has 0 saturated carbocycles. The highest BCUT2D eigenvalue weighted by atomic mass is 19.1. The van der Waals surface area contributed by atoms with Crippen LogP contribution >= 0.6 is 0 Å². The van der Waals surface area contributed by atoms with Gasteiger partial charge < -0.3 is 5.32 Å². The molecular weight excluding hydrogens is 250 g/mol. The molecule has 0 aliphatic rings. The van der Waals surface area contributed by atoms with Crippen molar-refractivity contribution < 1.29 is 13.6 Å². The number of nitrogens with one attached hydrogen (secondary N) is 1. The van der Waals surface area contributed by atoms with E-state index in [0.717, 1.165) is 5.56 Å². The van der Waals surface area contributed by atoms with Crippen LogP contribution in [0.25, 0.3) is 0 Å². The van der Waals surface area contributed by atoms with Crippen LogP contribution < -0.4 is 5.32 Å². The monoisotopic (exact) mass is 262 g/mol. The van der Waals surface area contributed by atoms with Gasteiger partial charge in [-0.25, -0.2) is 13.8 Å². The van der Waals surface area contributed by atoms with Gasteiger partial charge in [0.2, 0.25) is 0 Å². The number of nitrogens with zero attached hydrogens (tertiary/aromatic N) is 1. The summed E-state index contributed by atoms with van der Waals surface area (Å²) in [4.78, 5) is 15.3. The molecule has 0 fully saturated rings. The number of aromatic nitrogens is 1. The maximum atomic E-state index is 13.3. The maximum Gasteiger partial charge on any atom is 0.272 e. The molecule has 98 valence electrons. The van der Waals surface area contributed by atoms with Crippen molar-refractivity contribution in [1.82, 2.24) is 10.3 Å². The van der Waals surface area contributed by atoms with Crippen LogP contribution in [-0.2, 0) is 6.42 Å². The van der Waals surface area contributed by atoms with Gasteiger partial charge in [0.25, 0.3) is 5.91 Å². The molecule has 0 bridgehead atoms. The topological polar surface area (TPSA) is 42.0 Å². The van der Waals surface area contributed by atoms with Gasteiger partial charge in [0.1, 0.15) is 5.82 Å². The molecular formula is C14H12F2N2O. The molecule has 5 heteroatoms. The van der Waals surface area contributed by atoms with Gasteiger partial charge in [0, 0.05) is 12.7 Å². The average molecular weight is 262 g/mol. The third-order valence-electron chi connectivity index (χ3n) is 2.59. The summed E-state index contributed by atoms with van der Waals surface area (Å²) in [5, 5.41) is 2.57. The molecule has 0 radical (unpaired) electrons. The van der Waals surface area contributed by atoms with Crippen molar-refractivity contribution in [3.05, 3.63) is 65.5 Å². The Morgan fingerprint density at radius 3 is 2.58 bits per heavy atom. The van der Waals surface area contributed by atoms with Crippen molar-refractivity contribution in [2.75, 3.05) is 6.54 Å². The minimum atomic E-state index is -0.651. The summed E-state index contributed by atoms with van der Waals surface area (Å²) in [7, 11) is 0. The first-order valence-electron chi connectivity index (χ1n) is 5.80. The predicted octanol–water partition coefficient (Wildman–Crippen LogP) is 2.33. The second kappa shape index (κ2) is 6.04. The van der Waals surface area contributed by atoms with E-state index in [4.69, 9.17) is 0 Å². The number of hydrogen-bond donors (Lipinski definition) is 1. The first kappa shape index (κ1) is 13.1. The Balaban J connectivity index is 1.88. The van der Waals surface area contributed by atoms with Crippen LogP contribution in [0.3, 0.4) is 0 Å². The van der Waals surface area contributed by atoms with Crippen LogP contribution in [0.4, 0.5) is 8.78 Å². The minimum Gasteiger partial charge on any atom is -0.350 e. The second-order valence-corrected chi connectivity index (χ2v) is 3.97. The largest absolute Gasteiger partial charge is 0.350 e. The Morgan fingerprint density at radius 1 is 1.16 bits per heavy atom. The van der Waals surface area contributed by atoms with E-state index in [-0.39, 0.29) is 11.5 Å². The van der Waals surface area contributed by atoms with Gasteiger partial charge in [0.05, 0.1) is 0 Å². The van der Waals surface area contributed by atoms with Crippen LogP contribution in [0, 0.1) is 11.6 Å². The average Bonchev–Trinajstić information content (AvgIpc) is 2.41. The van der Waals surface area contributed by atoms with E-state index in [1.165, 1.54) is 30.5 Å². The fourth-order valence-corrected chi connectivity index (χ4v) is 1.61. The molecule has 0 spiro atoms. The van der Waals surface area contributed by atoms with Crippen LogP contribution in [0.2, 0.25) is 0 Å². The van der Waals surface area contributed by atoms with Crippen molar-refractivity contribution in [3.63, 3.8) is 0 Å². The van der Waals surface area contributed by atoms with Crippen molar-refractivity contribution in [2.45, 2.75) is 6.42 Å². The van der Waals surface area contributed by atoms with Crippen molar-refractivity contribution in [1.29, 1.82) is 0 Å². The van der Waals surface area contributed by atoms with Crippen molar-refractivity contribution >= 4 is 5.91 Å². The van der Waals surface area contributed by atoms with E-state index in [0.29, 0.717) is 13.0 Å². The summed E-state index contributed by atoms with van der Waals surface area (Å²) in [6.45, 7) is 0.334. The lowest BCUT2D eigenvalue weighted by Crippen LogP contribution is -2.27. The predicted molar refractivity (Wildman–Crippen MR) is 66.6 cm³/mol. The lowest BCUT2D eigenvalue weighted by atomic mass is 10.1. The van der Waals surface area contributed by atoms with E-state index in [1.807, 2.05) is 0 Å². The highest BCUT2D eigenvalue weighted by Gasteiger charge is 2.11. The lowest BCUT2D eigenvalue weighted by molar-refractivity contribution is 0.0944. The first-order valence-corrected chi connectivity index (χ1v) is 5.80. The highest BCUT2D eigenvalue weighted by Crippen LogP contribution is 2.04. The zero-order chi connectivity index (χ0) is 13.7. The summed E-state index contributed by atoms with van der Waals surface area (Å²) in [6.07, 6.45) is 1.90. The number of amides is 1. The quantitative estimate of drug-likeness (QED) is 0.918. The summed E-state index contributed by atoms with van der Waals surface area (Å²) in [6, 6.07) is 8.60. The van der Waals surface area contributed by atoms with Crippen LogP contribution in [0.5, 0.6) is 0 Å². The van der Waals surface area contributed by atoms with E-state index in [1.54, 1.807) is 12.1 Å². The fourth-order valence-electron chi connectivity index (χ4n) is 1.61. The number of carbonyl (C=O) groups excluding carboxylic acids is 1. The SMILES string of the molecule is O=C(NCCc1ccc(F)cc1)c1ncccc1F. The van der Waals surface area contributed by atoms with Crippen molar-refractivity contribution in [2.24, 2.45) is 0 Å². The molecule has 0 aliphatic carbocycles. The molecule has 2 aromatic rings. The van der Waals surface area contributed by atoms with E-state index in [9.17, 15) is 13.6 Å². The lowest BCUT2D eigenvalue weighted by Gasteiger charge is -2.05. The zero-order valence-corrected chi connectivity index (χ0v) is 10.1. The summed E-state index contributed by atoms with van der Waals surface area (Å²) in [5.74, 6) is -1.51. The maximum absolute atomic E-state index is 13.3. The third-order valence-corrected chi connectivity index (χ3v) is 2.59. The Labute approximate surface area is 109 Å². The number of halogens is 2. The Hall–Kier alpha value is -2.30. The Kier molecular flexibility index (Phi) is 4.18. The van der Waals surface area contributed by atoms with Crippen LogP contribution in [0.15, 0.2) is 42.6 Å². The van der Waals surface area contributed by atoms with Gasteiger partial charge in [-0.2, -0.15) is 0 Å². The molecule has 1 aromatic carbocycles. The summed E-state index contributed by atoms with van der Waals surface area (Å²) in [5.41, 5.74) is 0.671.